The molecule has 0 aromatic carbocycles. The second kappa shape index (κ2) is 4.49. The van der Waals surface area contributed by atoms with Crippen molar-refractivity contribution in [2.75, 3.05) is 0 Å². The molecule has 1 N–H and O–H groups in total. The first kappa shape index (κ1) is 11.8. The van der Waals surface area contributed by atoms with Crippen molar-refractivity contribution in [2.24, 2.45) is 0 Å². The third-order valence-electron chi connectivity index (χ3n) is 2.30. The fourth-order valence-electron chi connectivity index (χ4n) is 1.50. The van der Waals surface area contributed by atoms with Crippen LogP contribution in [0.25, 0.3) is 0 Å². The molecule has 1 rings (SSSR count). The first-order valence-corrected chi connectivity index (χ1v) is 4.87. The maximum Gasteiger partial charge on any atom is 0.265 e. The molecule has 0 saturated carbocycles. The highest BCUT2D eigenvalue weighted by Crippen LogP contribution is 2.28. The summed E-state index contributed by atoms with van der Waals surface area (Å²) < 4.78 is 25.6. The van der Waals surface area contributed by atoms with E-state index in [1.54, 1.807) is 13.0 Å². The lowest BCUT2D eigenvalue weighted by Crippen LogP contribution is -2.03. The lowest BCUT2D eigenvalue weighted by molar-refractivity contribution is 0.150. The van der Waals surface area contributed by atoms with Crippen LogP contribution in [0.3, 0.4) is 0 Å². The SMILES string of the molecule is CCc1[nH]c(=S)c(C#N)c(C(F)F)c1C. The Labute approximate surface area is 91.6 Å². The van der Waals surface area contributed by atoms with Gasteiger partial charge in [-0.15, -0.1) is 0 Å². The number of nitrogens with one attached hydrogen (secondary N) is 1. The van der Waals surface area contributed by atoms with E-state index in [0.29, 0.717) is 17.7 Å². The van der Waals surface area contributed by atoms with Gasteiger partial charge >= 0.3 is 0 Å². The molecule has 15 heavy (non-hydrogen) atoms. The zero-order chi connectivity index (χ0) is 11.6. The van der Waals surface area contributed by atoms with E-state index in [9.17, 15) is 8.78 Å². The van der Waals surface area contributed by atoms with Gasteiger partial charge in [0.25, 0.3) is 6.43 Å². The topological polar surface area (TPSA) is 39.6 Å². The lowest BCUT2D eigenvalue weighted by Gasteiger charge is -2.11. The standard InChI is InChI=1S/C10H10F2N2S/c1-3-7-5(2)8(9(11)12)6(4-13)10(15)14-7/h9H,3H2,1-2H3,(H,14,15). The zero-order valence-electron chi connectivity index (χ0n) is 8.40. The average molecular weight is 228 g/mol. The van der Waals surface area contributed by atoms with Crippen LogP contribution in [0.1, 0.15) is 35.7 Å². The number of aromatic amines is 1. The number of pyridine rings is 1. The van der Waals surface area contributed by atoms with Crippen LogP contribution >= 0.6 is 12.2 Å². The predicted octanol–water partition coefficient (Wildman–Crippen LogP) is 3.42. The Morgan fingerprint density at radius 3 is 2.53 bits per heavy atom. The fourth-order valence-corrected chi connectivity index (χ4v) is 1.78. The smallest absolute Gasteiger partial charge is 0.265 e. The van der Waals surface area contributed by atoms with Crippen LogP contribution in [0.4, 0.5) is 8.78 Å². The minimum absolute atomic E-state index is 0.0928. The molecule has 0 unspecified atom stereocenters. The Morgan fingerprint density at radius 2 is 2.13 bits per heavy atom. The second-order valence-corrected chi connectivity index (χ2v) is 3.52. The molecular formula is C10H10F2N2S. The summed E-state index contributed by atoms with van der Waals surface area (Å²) in [5.74, 6) is 0. The van der Waals surface area contributed by atoms with Crippen molar-refractivity contribution < 1.29 is 8.78 Å². The molecule has 1 aromatic rings. The van der Waals surface area contributed by atoms with E-state index < -0.39 is 6.43 Å². The third-order valence-corrected chi connectivity index (χ3v) is 2.61. The zero-order valence-corrected chi connectivity index (χ0v) is 9.21. The van der Waals surface area contributed by atoms with Crippen molar-refractivity contribution in [1.29, 1.82) is 5.26 Å². The molecule has 0 bridgehead atoms. The number of hydrogen-bond donors (Lipinski definition) is 1. The molecule has 2 nitrogen and oxygen atoms in total. The summed E-state index contributed by atoms with van der Waals surface area (Å²) in [5.41, 5.74) is 0.736. The molecule has 1 aromatic heterocycles. The van der Waals surface area contributed by atoms with Gasteiger partial charge in [0, 0.05) is 11.3 Å². The molecule has 80 valence electrons. The molecular weight excluding hydrogens is 218 g/mol. The van der Waals surface area contributed by atoms with E-state index in [1.165, 1.54) is 0 Å². The van der Waals surface area contributed by atoms with E-state index in [4.69, 9.17) is 17.5 Å². The van der Waals surface area contributed by atoms with Crippen LogP contribution in [-0.2, 0) is 6.42 Å². The minimum Gasteiger partial charge on any atom is -0.349 e. The van der Waals surface area contributed by atoms with Crippen molar-refractivity contribution in [3.63, 3.8) is 0 Å². The van der Waals surface area contributed by atoms with Gasteiger partial charge in [0.2, 0.25) is 0 Å². The molecule has 0 aliphatic rings. The largest absolute Gasteiger partial charge is 0.349 e. The quantitative estimate of drug-likeness (QED) is 0.788. The van der Waals surface area contributed by atoms with E-state index in [2.05, 4.69) is 4.98 Å². The van der Waals surface area contributed by atoms with Crippen LogP contribution in [-0.4, -0.2) is 4.98 Å². The molecule has 0 atom stereocenters. The minimum atomic E-state index is -2.67. The van der Waals surface area contributed by atoms with Crippen molar-refractivity contribution in [1.82, 2.24) is 4.98 Å². The summed E-state index contributed by atoms with van der Waals surface area (Å²) >= 11 is 4.86. The van der Waals surface area contributed by atoms with Gasteiger partial charge in [-0.3, -0.25) is 0 Å². The Hall–Kier alpha value is -1.28. The monoisotopic (exact) mass is 228 g/mol. The van der Waals surface area contributed by atoms with Gasteiger partial charge in [0.1, 0.15) is 10.7 Å². The summed E-state index contributed by atoms with van der Waals surface area (Å²) in [6.07, 6.45) is -2.08. The van der Waals surface area contributed by atoms with Gasteiger partial charge in [-0.05, 0) is 18.9 Å². The van der Waals surface area contributed by atoms with E-state index >= 15 is 0 Å². The number of H-pyrrole nitrogens is 1. The molecule has 5 heteroatoms. The number of halogens is 2. The van der Waals surface area contributed by atoms with E-state index in [1.807, 2.05) is 6.92 Å². The number of nitrogens with zero attached hydrogens (tertiary/aromatic N) is 1. The molecule has 1 heterocycles. The highest BCUT2D eigenvalue weighted by molar-refractivity contribution is 7.71. The van der Waals surface area contributed by atoms with E-state index in [0.717, 1.165) is 0 Å². The molecule has 0 aliphatic heterocycles. The first-order valence-electron chi connectivity index (χ1n) is 4.46. The van der Waals surface area contributed by atoms with Crippen molar-refractivity contribution >= 4 is 12.2 Å². The van der Waals surface area contributed by atoms with Crippen molar-refractivity contribution in [3.8, 4) is 6.07 Å². The van der Waals surface area contributed by atoms with Gasteiger partial charge in [0.05, 0.1) is 5.56 Å². The van der Waals surface area contributed by atoms with Gasteiger partial charge in [-0.25, -0.2) is 8.78 Å². The van der Waals surface area contributed by atoms with Gasteiger partial charge in [-0.2, -0.15) is 5.26 Å². The highest BCUT2D eigenvalue weighted by Gasteiger charge is 2.19. The highest BCUT2D eigenvalue weighted by atomic mass is 32.1. The van der Waals surface area contributed by atoms with Crippen molar-refractivity contribution in [3.05, 3.63) is 27.0 Å². The number of alkyl halides is 2. The summed E-state index contributed by atoms with van der Waals surface area (Å²) in [6, 6.07) is 1.72. The molecule has 0 aliphatic carbocycles. The Kier molecular flexibility index (Phi) is 3.53. The van der Waals surface area contributed by atoms with Gasteiger partial charge in [0.15, 0.2) is 0 Å². The molecule has 0 saturated heterocycles. The maximum absolute atomic E-state index is 12.8. The van der Waals surface area contributed by atoms with Crippen LogP contribution in [0.15, 0.2) is 0 Å². The first-order chi connectivity index (χ1) is 7.02. The number of rotatable bonds is 2. The Balaban J connectivity index is 3.65. The summed E-state index contributed by atoms with van der Waals surface area (Å²) in [4.78, 5) is 2.80. The number of nitriles is 1. The van der Waals surface area contributed by atoms with Crippen LogP contribution in [0.2, 0.25) is 0 Å². The van der Waals surface area contributed by atoms with E-state index in [-0.39, 0.29) is 15.8 Å². The lowest BCUT2D eigenvalue weighted by atomic mass is 10.0. The molecule has 0 radical (unpaired) electrons. The summed E-state index contributed by atoms with van der Waals surface area (Å²) in [7, 11) is 0. The van der Waals surface area contributed by atoms with Gasteiger partial charge in [-0.1, -0.05) is 19.1 Å². The Bertz CT molecular complexity index is 472. The summed E-state index contributed by atoms with van der Waals surface area (Å²) in [5, 5.41) is 8.77. The third kappa shape index (κ3) is 2.05. The van der Waals surface area contributed by atoms with Crippen LogP contribution in [0, 0.1) is 22.9 Å². The molecule has 0 fully saturated rings. The van der Waals surface area contributed by atoms with Crippen LogP contribution in [0.5, 0.6) is 0 Å². The normalized spacial score (nSPS) is 10.4. The average Bonchev–Trinajstić information content (AvgIpc) is 2.19. The maximum atomic E-state index is 12.8. The van der Waals surface area contributed by atoms with Crippen molar-refractivity contribution in [2.45, 2.75) is 26.7 Å². The summed E-state index contributed by atoms with van der Waals surface area (Å²) in [6.45, 7) is 3.42. The van der Waals surface area contributed by atoms with Gasteiger partial charge < -0.3 is 4.98 Å². The molecule has 0 spiro atoms. The molecule has 0 amide bonds. The predicted molar refractivity (Wildman–Crippen MR) is 55.4 cm³/mol. The second-order valence-electron chi connectivity index (χ2n) is 3.11. The fraction of sp³-hybridized carbons (Fsp3) is 0.400. The number of hydrogen-bond acceptors (Lipinski definition) is 2. The Morgan fingerprint density at radius 1 is 1.53 bits per heavy atom. The number of aromatic nitrogens is 1. The number of aryl methyl sites for hydroxylation is 1. The van der Waals surface area contributed by atoms with Crippen LogP contribution < -0.4 is 0 Å².